The van der Waals surface area contributed by atoms with Crippen molar-refractivity contribution in [1.29, 1.82) is 0 Å². The van der Waals surface area contributed by atoms with Gasteiger partial charge in [-0.05, 0) is 97.3 Å². The minimum atomic E-state index is 0.663. The van der Waals surface area contributed by atoms with Gasteiger partial charge in [-0.1, -0.05) is 12.1 Å². The molecule has 0 heterocycles. The molecule has 0 atom stereocenters. The molecule has 0 radical (unpaired) electrons. The van der Waals surface area contributed by atoms with Gasteiger partial charge < -0.3 is 0 Å². The minimum absolute atomic E-state index is 0.663. The highest BCUT2D eigenvalue weighted by molar-refractivity contribution is 5.51. The Kier molecular flexibility index (Phi) is 1.69. The molecule has 0 aliphatic heterocycles. The van der Waals surface area contributed by atoms with E-state index in [0.717, 1.165) is 0 Å². The van der Waals surface area contributed by atoms with Crippen LogP contribution < -0.4 is 0 Å². The van der Waals surface area contributed by atoms with Gasteiger partial charge in [0.15, 0.2) is 0 Å². The molecule has 1 aromatic carbocycles. The van der Waals surface area contributed by atoms with Crippen molar-refractivity contribution >= 4 is 0 Å². The molecule has 94 valence electrons. The summed E-state index contributed by atoms with van der Waals surface area (Å²) >= 11 is 0. The molecule has 0 bridgehead atoms. The molecule has 0 unspecified atom stereocenters. The van der Waals surface area contributed by atoms with E-state index in [2.05, 4.69) is 12.1 Å². The Morgan fingerprint density at radius 3 is 1.56 bits per heavy atom. The maximum Gasteiger partial charge on any atom is -0.00434 e. The lowest BCUT2D eigenvalue weighted by molar-refractivity contribution is 0.518. The van der Waals surface area contributed by atoms with Crippen LogP contribution in [0.25, 0.3) is 0 Å². The number of fused-ring (bicyclic) bond motifs is 4. The van der Waals surface area contributed by atoms with Crippen molar-refractivity contribution in [2.45, 2.75) is 75.0 Å². The molecule has 0 saturated heterocycles. The van der Waals surface area contributed by atoms with Gasteiger partial charge in [0.05, 0.1) is 0 Å². The van der Waals surface area contributed by atoms with Gasteiger partial charge in [-0.2, -0.15) is 0 Å². The molecular formula is C18H22. The van der Waals surface area contributed by atoms with Gasteiger partial charge in [-0.15, -0.1) is 0 Å². The Hall–Kier alpha value is -0.780. The van der Waals surface area contributed by atoms with Crippen molar-refractivity contribution in [1.82, 2.24) is 0 Å². The van der Waals surface area contributed by atoms with Crippen molar-refractivity contribution in [3.63, 3.8) is 0 Å². The van der Waals surface area contributed by atoms with Gasteiger partial charge >= 0.3 is 0 Å². The third-order valence-electron chi connectivity index (χ3n) is 6.38. The Morgan fingerprint density at radius 1 is 0.611 bits per heavy atom. The van der Waals surface area contributed by atoms with Crippen molar-refractivity contribution in [2.24, 2.45) is 0 Å². The van der Waals surface area contributed by atoms with Crippen LogP contribution in [0.5, 0.6) is 0 Å². The van der Waals surface area contributed by atoms with Crippen LogP contribution in [0.1, 0.15) is 73.6 Å². The summed E-state index contributed by atoms with van der Waals surface area (Å²) in [6, 6.07) is 5.33. The average Bonchev–Trinajstić information content (AvgIpc) is 3.29. The molecule has 0 amide bonds. The highest BCUT2D eigenvalue weighted by Gasteiger charge is 2.50. The molecule has 1 aromatic rings. The summed E-state index contributed by atoms with van der Waals surface area (Å²) in [4.78, 5) is 0. The lowest BCUT2D eigenvalue weighted by Crippen LogP contribution is -2.22. The number of hydrogen-bond acceptors (Lipinski definition) is 0. The molecule has 2 spiro atoms. The van der Waals surface area contributed by atoms with Gasteiger partial charge in [-0.25, -0.2) is 0 Å². The molecular weight excluding hydrogens is 216 g/mol. The molecule has 4 aliphatic carbocycles. The first-order valence-corrected chi connectivity index (χ1v) is 7.98. The molecule has 0 heteroatoms. The summed E-state index contributed by atoms with van der Waals surface area (Å²) in [6.07, 6.45) is 14.5. The van der Waals surface area contributed by atoms with Crippen LogP contribution in [0, 0.1) is 0 Å². The number of hydrogen-bond donors (Lipinski definition) is 0. The monoisotopic (exact) mass is 238 g/mol. The van der Waals surface area contributed by atoms with E-state index in [4.69, 9.17) is 0 Å². The van der Waals surface area contributed by atoms with Gasteiger partial charge in [-0.3, -0.25) is 0 Å². The van der Waals surface area contributed by atoms with Crippen molar-refractivity contribution in [3.8, 4) is 0 Å². The zero-order chi connectivity index (χ0) is 11.8. The molecule has 0 nitrogen and oxygen atoms in total. The third-order valence-corrected chi connectivity index (χ3v) is 6.38. The molecule has 0 N–H and O–H groups in total. The molecule has 5 rings (SSSR count). The van der Waals surface area contributed by atoms with Gasteiger partial charge in [0, 0.05) is 0 Å². The maximum absolute atomic E-state index is 2.70. The minimum Gasteiger partial charge on any atom is -0.0552 e. The fraction of sp³-hybridized carbons (Fsp3) is 0.667. The second-order valence-electron chi connectivity index (χ2n) is 7.43. The van der Waals surface area contributed by atoms with Gasteiger partial charge in [0.1, 0.15) is 0 Å². The quantitative estimate of drug-likeness (QED) is 0.627. The maximum atomic E-state index is 2.70. The fourth-order valence-electron chi connectivity index (χ4n) is 4.94. The smallest absolute Gasteiger partial charge is 0.00434 e. The standard InChI is InChI=1S/C18H22/c1-3-13-11-14-4-2-6-18(9-10-18)16(14)12-15(13)17(5-1)7-8-17/h11-12H,1-10H2. The Morgan fingerprint density at radius 2 is 1.11 bits per heavy atom. The van der Waals surface area contributed by atoms with E-state index in [9.17, 15) is 0 Å². The Balaban J connectivity index is 1.73. The summed E-state index contributed by atoms with van der Waals surface area (Å²) < 4.78 is 0. The average molecular weight is 238 g/mol. The summed E-state index contributed by atoms with van der Waals surface area (Å²) in [5.41, 5.74) is 8.37. The summed E-state index contributed by atoms with van der Waals surface area (Å²) in [5.74, 6) is 0. The van der Waals surface area contributed by atoms with E-state index < -0.39 is 0 Å². The van der Waals surface area contributed by atoms with Crippen LogP contribution >= 0.6 is 0 Å². The molecule has 18 heavy (non-hydrogen) atoms. The van der Waals surface area contributed by atoms with E-state index >= 15 is 0 Å². The molecule has 0 aromatic heterocycles. The number of benzene rings is 1. The zero-order valence-corrected chi connectivity index (χ0v) is 11.2. The zero-order valence-electron chi connectivity index (χ0n) is 11.2. The van der Waals surface area contributed by atoms with E-state index in [1.54, 1.807) is 22.3 Å². The second-order valence-corrected chi connectivity index (χ2v) is 7.43. The van der Waals surface area contributed by atoms with Crippen LogP contribution in [0.3, 0.4) is 0 Å². The summed E-state index contributed by atoms with van der Waals surface area (Å²) in [6.45, 7) is 0. The van der Waals surface area contributed by atoms with Crippen molar-refractivity contribution in [3.05, 3.63) is 34.4 Å². The van der Waals surface area contributed by atoms with Crippen molar-refractivity contribution in [2.75, 3.05) is 0 Å². The van der Waals surface area contributed by atoms with E-state index in [1.807, 2.05) is 0 Å². The normalized spacial score (nSPS) is 28.9. The Bertz CT molecular complexity index is 484. The van der Waals surface area contributed by atoms with Crippen LogP contribution in [-0.4, -0.2) is 0 Å². The first-order chi connectivity index (χ1) is 8.81. The number of aryl methyl sites for hydroxylation is 2. The second kappa shape index (κ2) is 3.03. The summed E-state index contributed by atoms with van der Waals surface area (Å²) in [5, 5.41) is 0. The number of rotatable bonds is 0. The first kappa shape index (κ1) is 10.1. The van der Waals surface area contributed by atoms with Gasteiger partial charge in [0.2, 0.25) is 0 Å². The molecule has 2 fully saturated rings. The van der Waals surface area contributed by atoms with Crippen LogP contribution in [0.4, 0.5) is 0 Å². The summed E-state index contributed by atoms with van der Waals surface area (Å²) in [7, 11) is 0. The lowest BCUT2D eigenvalue weighted by atomic mass is 9.73. The molecule has 2 saturated carbocycles. The van der Waals surface area contributed by atoms with Gasteiger partial charge in [0.25, 0.3) is 0 Å². The third kappa shape index (κ3) is 1.17. The first-order valence-electron chi connectivity index (χ1n) is 7.98. The fourth-order valence-corrected chi connectivity index (χ4v) is 4.94. The van der Waals surface area contributed by atoms with E-state index in [0.29, 0.717) is 10.8 Å². The SMILES string of the molecule is c1c2c(cc3c1CCCC31CC1)C1(CCC2)CC1. The highest BCUT2D eigenvalue weighted by atomic mass is 14.5. The van der Waals surface area contributed by atoms with Crippen LogP contribution in [0.15, 0.2) is 12.1 Å². The predicted molar refractivity (Wildman–Crippen MR) is 74.1 cm³/mol. The Labute approximate surface area is 110 Å². The van der Waals surface area contributed by atoms with Crippen molar-refractivity contribution < 1.29 is 0 Å². The topological polar surface area (TPSA) is 0 Å². The largest absolute Gasteiger partial charge is 0.0552 e. The van der Waals surface area contributed by atoms with E-state index in [1.165, 1.54) is 64.2 Å². The van der Waals surface area contributed by atoms with E-state index in [-0.39, 0.29) is 0 Å². The molecule has 4 aliphatic rings. The predicted octanol–water partition coefficient (Wildman–Crippen LogP) is 4.42. The van der Waals surface area contributed by atoms with Crippen LogP contribution in [0.2, 0.25) is 0 Å². The highest BCUT2D eigenvalue weighted by Crippen LogP contribution is 2.60. The van der Waals surface area contributed by atoms with Crippen LogP contribution in [-0.2, 0) is 23.7 Å². The lowest BCUT2D eigenvalue weighted by Gasteiger charge is -2.32.